The molecule has 166 valence electrons. The van der Waals surface area contributed by atoms with E-state index in [9.17, 15) is 0 Å². The minimum absolute atomic E-state index is 0. The predicted molar refractivity (Wildman–Crippen MR) is 120 cm³/mol. The van der Waals surface area contributed by atoms with Gasteiger partial charge in [0, 0.05) is 37.2 Å². The van der Waals surface area contributed by atoms with Gasteiger partial charge in [-0.1, -0.05) is 0 Å². The van der Waals surface area contributed by atoms with Gasteiger partial charge < -0.3 is 27.6 Å². The summed E-state index contributed by atoms with van der Waals surface area (Å²) in [6.45, 7) is 0. The summed E-state index contributed by atoms with van der Waals surface area (Å²) in [5, 5.41) is 25.6. The Balaban J connectivity index is 0.000000152. The molecular formula is C18H20B2FeN12. The third kappa shape index (κ3) is 4.89. The van der Waals surface area contributed by atoms with Crippen LogP contribution in [0.15, 0.2) is 111 Å². The van der Waals surface area contributed by atoms with Crippen molar-refractivity contribution in [3.8, 4) is 0 Å². The molecule has 0 spiro atoms. The number of hydrogen-bond donors (Lipinski definition) is 0. The standard InChI is InChI=1S/2C9H10BN6.Fe/c2*1-4-11-14(7-1)10(15-8-2-5-12-15)16-9-3-6-13-16;/h2*1-10H;/q2*-1;+2. The fourth-order valence-corrected chi connectivity index (χ4v) is 3.70. The number of hydrogen-bond acceptors (Lipinski definition) is 6. The smallest absolute Gasteiger partial charge is 0.403 e. The van der Waals surface area contributed by atoms with Crippen LogP contribution in [0.4, 0.5) is 0 Å². The molecule has 0 N–H and O–H groups in total. The Kier molecular flexibility index (Phi) is 7.02. The van der Waals surface area contributed by atoms with Gasteiger partial charge in [-0.05, 0) is 73.6 Å². The first-order valence-electron chi connectivity index (χ1n) is 10.2. The van der Waals surface area contributed by atoms with Crippen molar-refractivity contribution in [2.45, 2.75) is 0 Å². The van der Waals surface area contributed by atoms with Crippen molar-refractivity contribution in [2.24, 2.45) is 0 Å². The molecule has 0 atom stereocenters. The van der Waals surface area contributed by atoms with Gasteiger partial charge in [0.2, 0.25) is 0 Å². The van der Waals surface area contributed by atoms with Crippen LogP contribution in [0, 0.1) is 0 Å². The van der Waals surface area contributed by atoms with E-state index in [1.54, 1.807) is 37.2 Å². The first-order valence-corrected chi connectivity index (χ1v) is 10.2. The Morgan fingerprint density at radius 1 is 0.333 bits per heavy atom. The SMILES string of the molecule is [Fe+2].c1cnn([BH-](n2cccn2)n2cccn2)c1.c1cnn([BH-](n2cccn2)n2cccn2)c1. The molecule has 0 aromatic carbocycles. The van der Waals surface area contributed by atoms with Gasteiger partial charge in [0.15, 0.2) is 0 Å². The van der Waals surface area contributed by atoms with Crippen molar-refractivity contribution in [1.82, 2.24) is 58.1 Å². The summed E-state index contributed by atoms with van der Waals surface area (Å²) in [5.74, 6) is 0. The van der Waals surface area contributed by atoms with Crippen molar-refractivity contribution < 1.29 is 17.1 Å². The van der Waals surface area contributed by atoms with Gasteiger partial charge in [-0.2, -0.15) is 0 Å². The largest absolute Gasteiger partial charge is 2.00 e. The van der Waals surface area contributed by atoms with E-state index in [1.165, 1.54) is 0 Å². The van der Waals surface area contributed by atoms with E-state index in [2.05, 4.69) is 30.6 Å². The average Bonchev–Trinajstić information content (AvgIpc) is 3.67. The molecule has 12 nitrogen and oxygen atoms in total. The zero-order chi connectivity index (χ0) is 21.6. The summed E-state index contributed by atoms with van der Waals surface area (Å²) < 4.78 is 11.2. The van der Waals surface area contributed by atoms with Crippen LogP contribution in [0.1, 0.15) is 0 Å². The number of aromatic nitrogens is 12. The van der Waals surface area contributed by atoms with E-state index in [-0.39, 0.29) is 17.1 Å². The topological polar surface area (TPSA) is 107 Å². The zero-order valence-corrected chi connectivity index (χ0v) is 18.6. The van der Waals surface area contributed by atoms with E-state index >= 15 is 0 Å². The molecule has 15 heteroatoms. The maximum absolute atomic E-state index is 4.26. The molecule has 6 aromatic rings. The second-order valence-corrected chi connectivity index (χ2v) is 7.12. The molecular weight excluding hydrogens is 462 g/mol. The third-order valence-corrected chi connectivity index (χ3v) is 5.09. The summed E-state index contributed by atoms with van der Waals surface area (Å²) in [6, 6.07) is 11.4. The van der Waals surface area contributed by atoms with E-state index in [4.69, 9.17) is 0 Å². The molecule has 0 fully saturated rings. The summed E-state index contributed by atoms with van der Waals surface area (Å²) in [7, 11) is -2.25. The molecule has 0 unspecified atom stereocenters. The normalized spacial score (nSPS) is 10.7. The first kappa shape index (κ1) is 22.1. The molecule has 0 bridgehead atoms. The first-order chi connectivity index (χ1) is 15.9. The molecule has 0 aliphatic carbocycles. The molecule has 6 heterocycles. The molecule has 33 heavy (non-hydrogen) atoms. The second kappa shape index (κ2) is 10.5. The number of nitrogens with zero attached hydrogens (tertiary/aromatic N) is 12. The summed E-state index contributed by atoms with van der Waals surface area (Å²) in [5.41, 5.74) is 0. The molecule has 0 radical (unpaired) electrons. The van der Waals surface area contributed by atoms with Crippen LogP contribution in [0.3, 0.4) is 0 Å². The summed E-state index contributed by atoms with van der Waals surface area (Å²) in [6.07, 6.45) is 22.1. The maximum atomic E-state index is 4.26. The average molecular weight is 482 g/mol. The van der Waals surface area contributed by atoms with Crippen molar-refractivity contribution in [3.63, 3.8) is 0 Å². The van der Waals surface area contributed by atoms with Gasteiger partial charge in [0.1, 0.15) is 0 Å². The summed E-state index contributed by atoms with van der Waals surface area (Å²) >= 11 is 0. The molecule has 0 amide bonds. The van der Waals surface area contributed by atoms with Crippen molar-refractivity contribution in [2.75, 3.05) is 0 Å². The van der Waals surface area contributed by atoms with Crippen molar-refractivity contribution in [3.05, 3.63) is 111 Å². The Morgan fingerprint density at radius 3 is 0.636 bits per heavy atom. The van der Waals surface area contributed by atoms with Gasteiger partial charge in [-0.25, -0.2) is 30.6 Å². The summed E-state index contributed by atoms with van der Waals surface area (Å²) in [4.78, 5) is 0. The Bertz CT molecular complexity index is 1000. The zero-order valence-electron chi connectivity index (χ0n) is 17.5. The van der Waals surface area contributed by atoms with Gasteiger partial charge in [0.25, 0.3) is 0 Å². The van der Waals surface area contributed by atoms with Crippen LogP contribution in [0.2, 0.25) is 0 Å². The minimum atomic E-state index is -1.12. The number of rotatable bonds is 6. The maximum Gasteiger partial charge on any atom is 2.00 e. The van der Waals surface area contributed by atoms with Crippen LogP contribution >= 0.6 is 0 Å². The molecule has 0 saturated heterocycles. The van der Waals surface area contributed by atoms with E-state index in [0.717, 1.165) is 0 Å². The fourth-order valence-electron chi connectivity index (χ4n) is 3.70. The van der Waals surface area contributed by atoms with Crippen molar-refractivity contribution in [1.29, 1.82) is 0 Å². The minimum Gasteiger partial charge on any atom is -0.403 e. The van der Waals surface area contributed by atoms with E-state index in [1.807, 2.05) is 101 Å². The van der Waals surface area contributed by atoms with Crippen LogP contribution in [-0.4, -0.2) is 72.4 Å². The third-order valence-electron chi connectivity index (χ3n) is 5.09. The molecule has 0 aliphatic heterocycles. The van der Waals surface area contributed by atoms with E-state index in [0.29, 0.717) is 0 Å². The van der Waals surface area contributed by atoms with Crippen molar-refractivity contribution >= 4 is 14.2 Å². The Labute approximate surface area is 200 Å². The second-order valence-electron chi connectivity index (χ2n) is 7.12. The van der Waals surface area contributed by atoms with Gasteiger partial charge in [-0.3, -0.25) is 0 Å². The monoisotopic (exact) mass is 482 g/mol. The van der Waals surface area contributed by atoms with Crippen LogP contribution < -0.4 is 0 Å². The quantitative estimate of drug-likeness (QED) is 0.307. The molecule has 6 rings (SSSR count). The molecule has 0 saturated carbocycles. The fraction of sp³-hybridized carbons (Fsp3) is 0. The van der Waals surface area contributed by atoms with Gasteiger partial charge in [0.05, 0.1) is 0 Å². The van der Waals surface area contributed by atoms with Crippen LogP contribution in [-0.2, 0) is 17.1 Å². The van der Waals surface area contributed by atoms with Gasteiger partial charge >= 0.3 is 31.3 Å². The van der Waals surface area contributed by atoms with E-state index < -0.39 is 14.2 Å². The van der Waals surface area contributed by atoms with Crippen LogP contribution in [0.25, 0.3) is 0 Å². The Hall–Kier alpha value is -4.09. The molecule has 0 aliphatic rings. The van der Waals surface area contributed by atoms with Gasteiger partial charge in [-0.15, -0.1) is 0 Å². The predicted octanol–water partition coefficient (Wildman–Crippen LogP) is -0.127. The van der Waals surface area contributed by atoms with Crippen LogP contribution in [0.5, 0.6) is 0 Å². The Morgan fingerprint density at radius 2 is 0.515 bits per heavy atom. The molecule has 6 aromatic heterocycles.